The molecule has 0 aliphatic heterocycles. The van der Waals surface area contributed by atoms with E-state index >= 15 is 0 Å². The summed E-state index contributed by atoms with van der Waals surface area (Å²) in [5.41, 5.74) is 1.04. The third-order valence-electron chi connectivity index (χ3n) is 4.91. The van der Waals surface area contributed by atoms with Crippen molar-refractivity contribution in [2.24, 2.45) is 11.8 Å². The molecule has 0 unspecified atom stereocenters. The Balaban J connectivity index is 2.57. The van der Waals surface area contributed by atoms with Crippen molar-refractivity contribution in [1.82, 2.24) is 10.6 Å². The third-order valence-corrected chi connectivity index (χ3v) is 4.91. The zero-order valence-corrected chi connectivity index (χ0v) is 19.1. The molecule has 1 rings (SSSR count). The first-order valence-electron chi connectivity index (χ1n) is 10.9. The van der Waals surface area contributed by atoms with E-state index in [4.69, 9.17) is 9.84 Å². The van der Waals surface area contributed by atoms with Crippen molar-refractivity contribution >= 4 is 17.8 Å². The Hall–Kier alpha value is -2.93. The van der Waals surface area contributed by atoms with Crippen molar-refractivity contribution in [2.75, 3.05) is 13.2 Å². The smallest absolute Gasteiger partial charge is 0.309 e. The van der Waals surface area contributed by atoms with Gasteiger partial charge >= 0.3 is 5.97 Å². The van der Waals surface area contributed by atoms with Gasteiger partial charge in [-0.15, -0.1) is 13.2 Å². The highest BCUT2D eigenvalue weighted by Gasteiger charge is 2.24. The van der Waals surface area contributed by atoms with Crippen molar-refractivity contribution in [3.05, 3.63) is 61.2 Å². The second-order valence-corrected chi connectivity index (χ2v) is 8.03. The first-order valence-corrected chi connectivity index (χ1v) is 10.9. The molecule has 3 N–H and O–H groups in total. The zero-order chi connectivity index (χ0) is 23.9. The average molecular weight is 445 g/mol. The van der Waals surface area contributed by atoms with Gasteiger partial charge in [-0.05, 0) is 38.7 Å². The molecular weight excluding hydrogens is 408 g/mol. The van der Waals surface area contributed by atoms with Crippen LogP contribution in [0, 0.1) is 11.8 Å². The fraction of sp³-hybridized carbons (Fsp3) is 0.480. The van der Waals surface area contributed by atoms with Gasteiger partial charge in [0.05, 0.1) is 24.5 Å². The summed E-state index contributed by atoms with van der Waals surface area (Å²) in [7, 11) is 0. The standard InChI is InChI=1S/C25H36N2O5/c1-5-10-21(15-23(29)26-18(3)16-28)24(30)27-19(4)17-32-25(31)22(11-6-2)14-20-12-8-7-9-13-20/h5-9,12-13,18-19,21-22,28H,1-2,10-11,14-17H2,3-4H3,(H,26,29)(H,27,30)/t18-,19+,21-,22+/m1/s1. The Morgan fingerprint density at radius 1 is 1.00 bits per heavy atom. The molecule has 176 valence electrons. The van der Waals surface area contributed by atoms with E-state index in [0.717, 1.165) is 5.56 Å². The highest BCUT2D eigenvalue weighted by Crippen LogP contribution is 2.15. The number of rotatable bonds is 15. The summed E-state index contributed by atoms with van der Waals surface area (Å²) in [4.78, 5) is 37.3. The molecule has 0 radical (unpaired) electrons. The van der Waals surface area contributed by atoms with Gasteiger partial charge in [-0.2, -0.15) is 0 Å². The Morgan fingerprint density at radius 3 is 2.22 bits per heavy atom. The molecule has 0 aliphatic carbocycles. The Kier molecular flexibility index (Phi) is 12.7. The first kappa shape index (κ1) is 27.1. The van der Waals surface area contributed by atoms with Gasteiger partial charge in [0.15, 0.2) is 0 Å². The van der Waals surface area contributed by atoms with Crippen molar-refractivity contribution in [2.45, 2.75) is 51.6 Å². The van der Waals surface area contributed by atoms with Crippen LogP contribution < -0.4 is 10.6 Å². The number of aliphatic hydroxyl groups is 1. The number of nitrogens with one attached hydrogen (secondary N) is 2. The number of amides is 2. The molecule has 32 heavy (non-hydrogen) atoms. The molecule has 7 heteroatoms. The van der Waals surface area contributed by atoms with Gasteiger partial charge in [0, 0.05) is 12.5 Å². The fourth-order valence-electron chi connectivity index (χ4n) is 3.18. The Labute approximate surface area is 190 Å². The van der Waals surface area contributed by atoms with E-state index in [1.165, 1.54) is 0 Å². The molecule has 0 fully saturated rings. The molecule has 0 heterocycles. The van der Waals surface area contributed by atoms with Crippen LogP contribution in [0.5, 0.6) is 0 Å². The van der Waals surface area contributed by atoms with Crippen LogP contribution in [-0.2, 0) is 25.5 Å². The van der Waals surface area contributed by atoms with E-state index in [0.29, 0.717) is 19.3 Å². The van der Waals surface area contributed by atoms with Gasteiger partial charge in [-0.3, -0.25) is 14.4 Å². The minimum atomic E-state index is -0.594. The summed E-state index contributed by atoms with van der Waals surface area (Å²) < 4.78 is 5.45. The molecule has 1 aromatic rings. The number of ether oxygens (including phenoxy) is 1. The third kappa shape index (κ3) is 10.4. The highest BCUT2D eigenvalue weighted by atomic mass is 16.5. The molecule has 0 saturated carbocycles. The van der Waals surface area contributed by atoms with Gasteiger partial charge in [-0.25, -0.2) is 0 Å². The molecule has 0 aromatic heterocycles. The van der Waals surface area contributed by atoms with Crippen LogP contribution in [0.2, 0.25) is 0 Å². The van der Waals surface area contributed by atoms with Crippen LogP contribution in [0.25, 0.3) is 0 Å². The van der Waals surface area contributed by atoms with Crippen molar-refractivity contribution in [1.29, 1.82) is 0 Å². The van der Waals surface area contributed by atoms with Crippen LogP contribution in [0.15, 0.2) is 55.6 Å². The first-order chi connectivity index (χ1) is 15.3. The van der Waals surface area contributed by atoms with E-state index in [-0.39, 0.29) is 49.4 Å². The van der Waals surface area contributed by atoms with E-state index in [2.05, 4.69) is 23.8 Å². The van der Waals surface area contributed by atoms with E-state index in [1.807, 2.05) is 30.3 Å². The zero-order valence-electron chi connectivity index (χ0n) is 19.1. The summed E-state index contributed by atoms with van der Waals surface area (Å²) in [5.74, 6) is -1.91. The lowest BCUT2D eigenvalue weighted by Crippen LogP contribution is -2.43. The molecule has 4 atom stereocenters. The number of hydrogen-bond acceptors (Lipinski definition) is 5. The van der Waals surface area contributed by atoms with Gasteiger partial charge in [0.25, 0.3) is 0 Å². The summed E-state index contributed by atoms with van der Waals surface area (Å²) in [6, 6.07) is 8.89. The van der Waals surface area contributed by atoms with Crippen molar-refractivity contribution < 1.29 is 24.2 Å². The molecular formula is C25H36N2O5. The van der Waals surface area contributed by atoms with Crippen molar-refractivity contribution in [3.8, 4) is 0 Å². The molecule has 0 aliphatic rings. The fourth-order valence-corrected chi connectivity index (χ4v) is 3.18. The molecule has 0 saturated heterocycles. The monoisotopic (exact) mass is 444 g/mol. The second-order valence-electron chi connectivity index (χ2n) is 8.03. The topological polar surface area (TPSA) is 105 Å². The summed E-state index contributed by atoms with van der Waals surface area (Å²) in [6.07, 6.45) is 4.64. The Bertz CT molecular complexity index is 750. The average Bonchev–Trinajstić information content (AvgIpc) is 2.77. The van der Waals surface area contributed by atoms with E-state index in [1.54, 1.807) is 26.0 Å². The van der Waals surface area contributed by atoms with Crippen LogP contribution in [0.3, 0.4) is 0 Å². The van der Waals surface area contributed by atoms with E-state index < -0.39 is 12.0 Å². The van der Waals surface area contributed by atoms with Gasteiger partial charge in [0.1, 0.15) is 6.61 Å². The molecule has 2 amide bonds. The van der Waals surface area contributed by atoms with Crippen molar-refractivity contribution in [3.63, 3.8) is 0 Å². The lowest BCUT2D eigenvalue weighted by atomic mass is 9.96. The predicted molar refractivity (Wildman–Crippen MR) is 125 cm³/mol. The van der Waals surface area contributed by atoms with Crippen LogP contribution in [-0.4, -0.2) is 48.2 Å². The number of allylic oxidation sites excluding steroid dienone is 2. The summed E-state index contributed by atoms with van der Waals surface area (Å²) in [6.45, 7) is 10.6. The maximum absolute atomic E-state index is 12.6. The number of carbonyl (C=O) groups is 3. The Morgan fingerprint density at radius 2 is 1.62 bits per heavy atom. The molecule has 1 aromatic carbocycles. The quantitative estimate of drug-likeness (QED) is 0.285. The highest BCUT2D eigenvalue weighted by molar-refractivity contribution is 5.86. The number of esters is 1. The number of aliphatic hydroxyl groups excluding tert-OH is 1. The van der Waals surface area contributed by atoms with E-state index in [9.17, 15) is 14.4 Å². The van der Waals surface area contributed by atoms with Gasteiger partial charge in [-0.1, -0.05) is 42.5 Å². The number of benzene rings is 1. The molecule has 7 nitrogen and oxygen atoms in total. The SMILES string of the molecule is C=CC[C@H](CC(=O)N[C@H](C)CO)C(=O)N[C@@H](C)COC(=O)[C@@H](CC=C)Cc1ccccc1. The predicted octanol–water partition coefficient (Wildman–Crippen LogP) is 2.55. The minimum absolute atomic E-state index is 0.0206. The van der Waals surface area contributed by atoms with Gasteiger partial charge in [0.2, 0.25) is 11.8 Å². The normalized spacial score (nSPS) is 14.3. The maximum Gasteiger partial charge on any atom is 0.309 e. The maximum atomic E-state index is 12.6. The van der Waals surface area contributed by atoms with Crippen LogP contribution in [0.4, 0.5) is 0 Å². The van der Waals surface area contributed by atoms with Crippen LogP contribution >= 0.6 is 0 Å². The minimum Gasteiger partial charge on any atom is -0.463 e. The van der Waals surface area contributed by atoms with Crippen LogP contribution in [0.1, 0.15) is 38.7 Å². The number of carbonyl (C=O) groups excluding carboxylic acids is 3. The number of hydrogen-bond donors (Lipinski definition) is 3. The van der Waals surface area contributed by atoms with Gasteiger partial charge < -0.3 is 20.5 Å². The summed E-state index contributed by atoms with van der Waals surface area (Å²) in [5, 5.41) is 14.5. The molecule has 0 spiro atoms. The largest absolute Gasteiger partial charge is 0.463 e. The molecule has 0 bridgehead atoms. The lowest BCUT2D eigenvalue weighted by Gasteiger charge is -2.21. The second kappa shape index (κ2) is 15.0. The summed E-state index contributed by atoms with van der Waals surface area (Å²) >= 11 is 0. The lowest BCUT2D eigenvalue weighted by molar-refractivity contribution is -0.149.